The molecule has 1 atom stereocenters. The molecule has 108 valence electrons. The summed E-state index contributed by atoms with van der Waals surface area (Å²) < 4.78 is 27.2. The highest BCUT2D eigenvalue weighted by atomic mass is 35.5. The Morgan fingerprint density at radius 1 is 1.29 bits per heavy atom. The van der Waals surface area contributed by atoms with E-state index >= 15 is 0 Å². The first-order chi connectivity index (χ1) is 9.94. The van der Waals surface area contributed by atoms with E-state index in [-0.39, 0.29) is 15.5 Å². The van der Waals surface area contributed by atoms with Crippen molar-refractivity contribution in [3.8, 4) is 6.07 Å². The molecule has 0 aliphatic rings. The van der Waals surface area contributed by atoms with Gasteiger partial charge in [-0.05, 0) is 42.8 Å². The summed E-state index contributed by atoms with van der Waals surface area (Å²) >= 11 is 5.87. The van der Waals surface area contributed by atoms with Crippen molar-refractivity contribution in [3.63, 3.8) is 0 Å². The standard InChI is InChI=1S/C14H12ClN3O2S/c1-10(11-4-6-17-7-5-11)18-21(19,20)13-3-2-12(9-16)14(15)8-13/h2-8,10,18H,1H3. The molecule has 1 aromatic heterocycles. The summed E-state index contributed by atoms with van der Waals surface area (Å²) in [6.07, 6.45) is 3.19. The van der Waals surface area contributed by atoms with Crippen LogP contribution in [0.5, 0.6) is 0 Å². The molecule has 5 nitrogen and oxygen atoms in total. The molecular formula is C14H12ClN3O2S. The predicted molar refractivity (Wildman–Crippen MR) is 79.1 cm³/mol. The zero-order valence-corrected chi connectivity index (χ0v) is 12.7. The minimum absolute atomic E-state index is 0.0207. The quantitative estimate of drug-likeness (QED) is 0.938. The lowest BCUT2D eigenvalue weighted by Gasteiger charge is -2.14. The van der Waals surface area contributed by atoms with Gasteiger partial charge in [-0.25, -0.2) is 13.1 Å². The van der Waals surface area contributed by atoms with E-state index in [4.69, 9.17) is 16.9 Å². The molecule has 0 radical (unpaired) electrons. The van der Waals surface area contributed by atoms with Crippen molar-refractivity contribution in [2.75, 3.05) is 0 Å². The highest BCUT2D eigenvalue weighted by Crippen LogP contribution is 2.22. The van der Waals surface area contributed by atoms with E-state index in [1.54, 1.807) is 31.5 Å². The molecule has 0 fully saturated rings. The molecule has 2 aromatic rings. The van der Waals surface area contributed by atoms with Crippen LogP contribution in [0.1, 0.15) is 24.1 Å². The SMILES string of the molecule is CC(NS(=O)(=O)c1ccc(C#N)c(Cl)c1)c1ccncc1. The monoisotopic (exact) mass is 321 g/mol. The summed E-state index contributed by atoms with van der Waals surface area (Å²) in [7, 11) is -3.72. The average molecular weight is 322 g/mol. The van der Waals surface area contributed by atoms with Crippen LogP contribution < -0.4 is 4.72 Å². The van der Waals surface area contributed by atoms with E-state index in [1.165, 1.54) is 18.2 Å². The number of nitrogens with zero attached hydrogens (tertiary/aromatic N) is 2. The first kappa shape index (κ1) is 15.4. The van der Waals surface area contributed by atoms with Gasteiger partial charge < -0.3 is 0 Å². The number of sulfonamides is 1. The predicted octanol–water partition coefficient (Wildman–Crippen LogP) is 2.65. The molecule has 1 aromatic carbocycles. The summed E-state index contributed by atoms with van der Waals surface area (Å²) in [6.45, 7) is 1.73. The van der Waals surface area contributed by atoms with Crippen LogP contribution in [0.4, 0.5) is 0 Å². The van der Waals surface area contributed by atoms with Crippen molar-refractivity contribution < 1.29 is 8.42 Å². The van der Waals surface area contributed by atoms with Gasteiger partial charge in [0.2, 0.25) is 10.0 Å². The minimum atomic E-state index is -3.72. The van der Waals surface area contributed by atoms with Crippen molar-refractivity contribution in [1.82, 2.24) is 9.71 Å². The van der Waals surface area contributed by atoms with E-state index in [9.17, 15) is 8.42 Å². The highest BCUT2D eigenvalue weighted by molar-refractivity contribution is 7.89. The molecule has 0 spiro atoms. The van der Waals surface area contributed by atoms with Crippen LogP contribution >= 0.6 is 11.6 Å². The summed E-state index contributed by atoms with van der Waals surface area (Å²) in [6, 6.07) is 8.95. The molecule has 0 aliphatic carbocycles. The fourth-order valence-corrected chi connectivity index (χ4v) is 3.32. The molecular weight excluding hydrogens is 310 g/mol. The maximum absolute atomic E-state index is 12.3. The number of halogens is 1. The Hall–Kier alpha value is -1.94. The number of nitrogens with one attached hydrogen (secondary N) is 1. The van der Waals surface area contributed by atoms with Crippen LogP contribution in [-0.4, -0.2) is 13.4 Å². The summed E-state index contributed by atoms with van der Waals surface area (Å²) in [5.74, 6) is 0. The van der Waals surface area contributed by atoms with Gasteiger partial charge in [-0.2, -0.15) is 5.26 Å². The summed E-state index contributed by atoms with van der Waals surface area (Å²) in [5.41, 5.74) is 1.03. The van der Waals surface area contributed by atoms with Gasteiger partial charge in [-0.1, -0.05) is 11.6 Å². The molecule has 0 saturated carbocycles. The second-order valence-electron chi connectivity index (χ2n) is 4.38. The van der Waals surface area contributed by atoms with Crippen LogP contribution in [0.2, 0.25) is 5.02 Å². The van der Waals surface area contributed by atoms with Gasteiger partial charge >= 0.3 is 0 Å². The van der Waals surface area contributed by atoms with Crippen molar-refractivity contribution in [3.05, 3.63) is 58.9 Å². The lowest BCUT2D eigenvalue weighted by molar-refractivity contribution is 0.567. The molecule has 1 heterocycles. The second-order valence-corrected chi connectivity index (χ2v) is 6.50. The number of benzene rings is 1. The summed E-state index contributed by atoms with van der Waals surface area (Å²) in [5, 5.41) is 8.91. The van der Waals surface area contributed by atoms with E-state index in [2.05, 4.69) is 9.71 Å². The molecule has 2 rings (SSSR count). The number of hydrogen-bond acceptors (Lipinski definition) is 4. The van der Waals surface area contributed by atoms with Crippen molar-refractivity contribution >= 4 is 21.6 Å². The Morgan fingerprint density at radius 3 is 2.52 bits per heavy atom. The highest BCUT2D eigenvalue weighted by Gasteiger charge is 2.19. The number of hydrogen-bond donors (Lipinski definition) is 1. The Morgan fingerprint density at radius 2 is 1.95 bits per heavy atom. The van der Waals surface area contributed by atoms with E-state index in [0.717, 1.165) is 5.56 Å². The van der Waals surface area contributed by atoms with Crippen LogP contribution in [-0.2, 0) is 10.0 Å². The maximum atomic E-state index is 12.3. The van der Waals surface area contributed by atoms with Crippen LogP contribution in [0.25, 0.3) is 0 Å². The third-order valence-electron chi connectivity index (χ3n) is 2.91. The van der Waals surface area contributed by atoms with Crippen molar-refractivity contribution in [2.24, 2.45) is 0 Å². The van der Waals surface area contributed by atoms with Crippen LogP contribution in [0.15, 0.2) is 47.6 Å². The van der Waals surface area contributed by atoms with Gasteiger partial charge in [0, 0.05) is 18.4 Å². The van der Waals surface area contributed by atoms with Gasteiger partial charge in [-0.15, -0.1) is 0 Å². The van der Waals surface area contributed by atoms with Gasteiger partial charge in [-0.3, -0.25) is 4.98 Å². The Balaban J connectivity index is 2.27. The lowest BCUT2D eigenvalue weighted by Crippen LogP contribution is -2.26. The van der Waals surface area contributed by atoms with E-state index < -0.39 is 16.1 Å². The Bertz CT molecular complexity index is 786. The number of aromatic nitrogens is 1. The Kier molecular flexibility index (Phi) is 4.58. The first-order valence-electron chi connectivity index (χ1n) is 6.06. The lowest BCUT2D eigenvalue weighted by atomic mass is 10.1. The molecule has 1 unspecified atom stereocenters. The fourth-order valence-electron chi connectivity index (χ4n) is 1.77. The number of rotatable bonds is 4. The third-order valence-corrected chi connectivity index (χ3v) is 4.76. The van der Waals surface area contributed by atoms with E-state index in [1.807, 2.05) is 6.07 Å². The molecule has 0 aliphatic heterocycles. The van der Waals surface area contributed by atoms with Crippen molar-refractivity contribution in [1.29, 1.82) is 5.26 Å². The first-order valence-corrected chi connectivity index (χ1v) is 7.92. The molecule has 21 heavy (non-hydrogen) atoms. The van der Waals surface area contributed by atoms with Crippen LogP contribution in [0.3, 0.4) is 0 Å². The number of pyridine rings is 1. The molecule has 0 bridgehead atoms. The molecule has 7 heteroatoms. The second kappa shape index (κ2) is 6.22. The van der Waals surface area contributed by atoms with Crippen LogP contribution in [0, 0.1) is 11.3 Å². The Labute approximate surface area is 128 Å². The third kappa shape index (κ3) is 3.58. The zero-order valence-electron chi connectivity index (χ0n) is 11.1. The topological polar surface area (TPSA) is 82.9 Å². The molecule has 1 N–H and O–H groups in total. The van der Waals surface area contributed by atoms with Gasteiger partial charge in [0.05, 0.1) is 15.5 Å². The maximum Gasteiger partial charge on any atom is 0.241 e. The van der Waals surface area contributed by atoms with Gasteiger partial charge in [0.1, 0.15) is 6.07 Å². The van der Waals surface area contributed by atoms with Crippen molar-refractivity contribution in [2.45, 2.75) is 17.9 Å². The fraction of sp³-hybridized carbons (Fsp3) is 0.143. The summed E-state index contributed by atoms with van der Waals surface area (Å²) in [4.78, 5) is 3.91. The minimum Gasteiger partial charge on any atom is -0.265 e. The van der Waals surface area contributed by atoms with E-state index in [0.29, 0.717) is 0 Å². The smallest absolute Gasteiger partial charge is 0.241 e. The zero-order chi connectivity index (χ0) is 15.5. The van der Waals surface area contributed by atoms with Gasteiger partial charge in [0.15, 0.2) is 0 Å². The average Bonchev–Trinajstić information content (AvgIpc) is 2.47. The molecule has 0 amide bonds. The normalized spacial score (nSPS) is 12.6. The largest absolute Gasteiger partial charge is 0.265 e. The van der Waals surface area contributed by atoms with Gasteiger partial charge in [0.25, 0.3) is 0 Å². The number of nitriles is 1. The molecule has 0 saturated heterocycles.